The van der Waals surface area contributed by atoms with Crippen molar-refractivity contribution in [1.29, 1.82) is 5.41 Å². The number of benzene rings is 3. The monoisotopic (exact) mass is 885 g/mol. The summed E-state index contributed by atoms with van der Waals surface area (Å²) in [5.74, 6) is 0.522. The maximum atomic E-state index is 13.1. The number of fused-ring (bicyclic) bond motifs is 1. The fourth-order valence-corrected chi connectivity index (χ4v) is 8.96. The van der Waals surface area contributed by atoms with E-state index in [0.717, 1.165) is 113 Å². The second-order valence-electron chi connectivity index (χ2n) is 17.0. The topological polar surface area (TPSA) is 211 Å². The molecule has 9 rings (SSSR count). The van der Waals surface area contributed by atoms with Gasteiger partial charge in [0.1, 0.15) is 35.5 Å². The van der Waals surface area contributed by atoms with E-state index < -0.39 is 23.8 Å². The van der Waals surface area contributed by atoms with Gasteiger partial charge in [0.25, 0.3) is 11.8 Å². The Morgan fingerprint density at radius 1 is 0.769 bits per heavy atom. The number of hydrogen-bond acceptors (Lipinski definition) is 15. The molecule has 65 heavy (non-hydrogen) atoms. The van der Waals surface area contributed by atoms with Gasteiger partial charge in [0.15, 0.2) is 0 Å². The Morgan fingerprint density at radius 2 is 1.45 bits per heavy atom. The summed E-state index contributed by atoms with van der Waals surface area (Å²) in [5, 5.41) is 17.8. The number of carbonyl (C=O) groups excluding carboxylic acids is 4. The number of hydrogen-bond donors (Lipinski definition) is 5. The van der Waals surface area contributed by atoms with Gasteiger partial charge in [-0.1, -0.05) is 37.5 Å². The first-order chi connectivity index (χ1) is 31.7. The maximum Gasteiger partial charge on any atom is 0.262 e. The summed E-state index contributed by atoms with van der Waals surface area (Å²) in [6, 6.07) is 21.8. The lowest BCUT2D eigenvalue weighted by atomic mass is 9.95. The molecule has 5 heterocycles. The van der Waals surface area contributed by atoms with Gasteiger partial charge in [-0.2, -0.15) is 0 Å². The summed E-state index contributed by atoms with van der Waals surface area (Å²) in [6.07, 6.45) is 7.66. The van der Waals surface area contributed by atoms with Crippen molar-refractivity contribution < 1.29 is 28.7 Å². The summed E-state index contributed by atoms with van der Waals surface area (Å²) in [4.78, 5) is 66.2. The van der Waals surface area contributed by atoms with Crippen LogP contribution in [-0.4, -0.2) is 145 Å². The number of piperidine rings is 1. The van der Waals surface area contributed by atoms with Crippen molar-refractivity contribution in [2.24, 2.45) is 0 Å². The van der Waals surface area contributed by atoms with Crippen molar-refractivity contribution in [3.05, 3.63) is 101 Å². The van der Waals surface area contributed by atoms with Crippen LogP contribution in [0.25, 0.3) is 0 Å². The number of nitrogens with zero attached hydrogens (tertiary/aromatic N) is 6. The van der Waals surface area contributed by atoms with Crippen molar-refractivity contribution in [2.75, 3.05) is 94.6 Å². The number of anilines is 3. The second-order valence-corrected chi connectivity index (χ2v) is 17.0. The van der Waals surface area contributed by atoms with Crippen molar-refractivity contribution in [3.8, 4) is 11.5 Å². The molecule has 342 valence electrons. The molecule has 4 aliphatic heterocycles. The van der Waals surface area contributed by atoms with E-state index in [9.17, 15) is 19.2 Å². The second kappa shape index (κ2) is 21.6. The molecule has 0 radical (unpaired) electrons. The first kappa shape index (κ1) is 45.3. The number of nitrogens with two attached hydrogens (primary N) is 1. The van der Waals surface area contributed by atoms with E-state index >= 15 is 0 Å². The minimum Gasteiger partial charge on any atom is -0.457 e. The van der Waals surface area contributed by atoms with Crippen LogP contribution >= 0.6 is 0 Å². The summed E-state index contributed by atoms with van der Waals surface area (Å²) in [5.41, 5.74) is 9.25. The summed E-state index contributed by atoms with van der Waals surface area (Å²) >= 11 is 0. The van der Waals surface area contributed by atoms with E-state index in [1.165, 1.54) is 25.6 Å². The number of nitrogen functional groups attached to an aromatic ring is 1. The van der Waals surface area contributed by atoms with Gasteiger partial charge in [-0.05, 0) is 73.9 Å². The molecular formula is C48H59N11O6. The molecule has 0 spiro atoms. The standard InChI is InChI=1S/C25H34N6O5.C23H25N5O/c32-22-4-3-21(23(33)27-22)31-24(34)19-2-1-18(17-20(19)25(31)35)30-11-9-29(10-12-30)14-16-36-15-13-28-7-5-26-6-8-28;24-21(16-11-13-19(14-12-16)29-18-9-5-2-6-10-18)20-22(25)26-15-27-23(20)28-17-7-3-1-4-8-17/h1-2,17,21,26H,3-16H2,(H,27,32,33);2,5-6,9-15,17,24H,1,3-4,7-8H2,(H3,25,26,27,28). The Balaban J connectivity index is 0.000000181. The van der Waals surface area contributed by atoms with E-state index in [2.05, 4.69) is 40.6 Å². The largest absolute Gasteiger partial charge is 0.457 e. The van der Waals surface area contributed by atoms with Gasteiger partial charge in [0.05, 0.1) is 35.6 Å². The fraction of sp³-hybridized carbons (Fsp3) is 0.438. The minimum absolute atomic E-state index is 0.112. The lowest BCUT2D eigenvalue weighted by molar-refractivity contribution is -0.136. The number of carbonyl (C=O) groups is 4. The van der Waals surface area contributed by atoms with Gasteiger partial charge < -0.3 is 30.7 Å². The smallest absolute Gasteiger partial charge is 0.262 e. The van der Waals surface area contributed by atoms with Gasteiger partial charge in [-0.15, -0.1) is 0 Å². The van der Waals surface area contributed by atoms with Crippen LogP contribution in [0.15, 0.2) is 79.1 Å². The molecule has 1 atom stereocenters. The molecule has 4 amide bonds. The van der Waals surface area contributed by atoms with Gasteiger partial charge in [-0.25, -0.2) is 9.97 Å². The molecule has 1 aliphatic carbocycles. The molecule has 17 nitrogen and oxygen atoms in total. The Labute approximate surface area is 379 Å². The van der Waals surface area contributed by atoms with Crippen LogP contribution in [0.4, 0.5) is 17.3 Å². The molecule has 3 aromatic carbocycles. The van der Waals surface area contributed by atoms with Crippen molar-refractivity contribution in [2.45, 2.75) is 57.0 Å². The van der Waals surface area contributed by atoms with E-state index in [1.807, 2.05) is 60.7 Å². The molecule has 6 N–H and O–H groups in total. The predicted molar refractivity (Wildman–Crippen MR) is 248 cm³/mol. The lowest BCUT2D eigenvalue weighted by Gasteiger charge is -2.36. The molecule has 1 unspecified atom stereocenters. The highest BCUT2D eigenvalue weighted by atomic mass is 16.5. The first-order valence-electron chi connectivity index (χ1n) is 22.8. The van der Waals surface area contributed by atoms with Crippen molar-refractivity contribution in [1.82, 2.24) is 35.3 Å². The minimum atomic E-state index is -0.943. The Bertz CT molecular complexity index is 2310. The molecule has 4 aromatic rings. The maximum absolute atomic E-state index is 13.1. The third-order valence-corrected chi connectivity index (χ3v) is 12.7. The number of nitrogens with one attached hydrogen (secondary N) is 4. The molecule has 3 saturated heterocycles. The van der Waals surface area contributed by atoms with Crippen molar-refractivity contribution >= 4 is 46.7 Å². The van der Waals surface area contributed by atoms with Gasteiger partial charge in [0.2, 0.25) is 11.8 Å². The molecule has 17 heteroatoms. The Morgan fingerprint density at radius 3 is 2.15 bits per heavy atom. The van der Waals surface area contributed by atoms with Crippen molar-refractivity contribution in [3.63, 3.8) is 0 Å². The Hall–Kier alpha value is -6.27. The zero-order chi connectivity index (χ0) is 45.1. The third-order valence-electron chi connectivity index (χ3n) is 12.7. The van der Waals surface area contributed by atoms with E-state index in [0.29, 0.717) is 45.8 Å². The average molecular weight is 886 g/mol. The van der Waals surface area contributed by atoms with E-state index in [-0.39, 0.29) is 18.7 Å². The van der Waals surface area contributed by atoms with Crippen LogP contribution in [0.5, 0.6) is 11.5 Å². The van der Waals surface area contributed by atoms with Crippen LogP contribution in [0.3, 0.4) is 0 Å². The zero-order valence-corrected chi connectivity index (χ0v) is 36.8. The molecular weight excluding hydrogens is 827 g/mol. The number of rotatable bonds is 14. The molecule has 0 bridgehead atoms. The molecule has 1 aromatic heterocycles. The van der Waals surface area contributed by atoms with Gasteiger partial charge in [-0.3, -0.25) is 44.6 Å². The van der Waals surface area contributed by atoms with Crippen LogP contribution in [0.2, 0.25) is 0 Å². The number of imide groups is 2. The first-order valence-corrected chi connectivity index (χ1v) is 22.8. The number of piperazine rings is 2. The summed E-state index contributed by atoms with van der Waals surface area (Å²) in [7, 11) is 0. The quantitative estimate of drug-likeness (QED) is 0.0685. The van der Waals surface area contributed by atoms with Gasteiger partial charge >= 0.3 is 0 Å². The highest BCUT2D eigenvalue weighted by Crippen LogP contribution is 2.32. The van der Waals surface area contributed by atoms with Crippen LogP contribution in [-0.2, 0) is 14.3 Å². The van der Waals surface area contributed by atoms with Crippen LogP contribution in [0, 0.1) is 5.41 Å². The zero-order valence-electron chi connectivity index (χ0n) is 36.8. The summed E-state index contributed by atoms with van der Waals surface area (Å²) < 4.78 is 11.7. The third kappa shape index (κ3) is 11.3. The molecule has 1 saturated carbocycles. The SMILES string of the molecule is N=C(c1ccc(Oc2ccccc2)cc1)c1c(N)ncnc1NC1CCCCC1.O=C1CCC(N2C(=O)c3ccc(N4CCN(CCOCCN5CCNCC5)CC4)cc3C2=O)C(=O)N1. The number of para-hydroxylation sites is 1. The molecule has 5 aliphatic rings. The number of aromatic nitrogens is 2. The lowest BCUT2D eigenvalue weighted by Crippen LogP contribution is -2.54. The van der Waals surface area contributed by atoms with Crippen LogP contribution in [0.1, 0.15) is 76.8 Å². The molecule has 4 fully saturated rings. The normalized spacial score (nSPS) is 19.6. The number of ether oxygens (including phenoxy) is 2. The van der Waals surface area contributed by atoms with E-state index in [1.54, 1.807) is 12.1 Å². The Kier molecular flexibility index (Phi) is 15.1. The predicted octanol–water partition coefficient (Wildman–Crippen LogP) is 4.14. The summed E-state index contributed by atoms with van der Waals surface area (Å²) in [6.45, 7) is 11.1. The average Bonchev–Trinajstić information content (AvgIpc) is 3.58. The fourth-order valence-electron chi connectivity index (χ4n) is 8.96. The highest BCUT2D eigenvalue weighted by molar-refractivity contribution is 6.23. The van der Waals surface area contributed by atoms with Crippen LogP contribution < -0.4 is 31.3 Å². The number of amides is 4. The van der Waals surface area contributed by atoms with Gasteiger partial charge in [0, 0.05) is 89.2 Å². The van der Waals surface area contributed by atoms with E-state index in [4.69, 9.17) is 20.6 Å². The highest BCUT2D eigenvalue weighted by Gasteiger charge is 2.45.